The molecule has 9 nitrogen and oxygen atoms in total. The number of amides is 2. The van der Waals surface area contributed by atoms with Crippen molar-refractivity contribution in [1.82, 2.24) is 5.01 Å². The van der Waals surface area contributed by atoms with Gasteiger partial charge in [-0.3, -0.25) is 9.59 Å². The first kappa shape index (κ1) is 19.2. The normalized spacial score (nSPS) is 21.6. The highest BCUT2D eigenvalue weighted by atomic mass is 32.2. The van der Waals surface area contributed by atoms with E-state index < -0.39 is 21.8 Å². The van der Waals surface area contributed by atoms with Crippen LogP contribution < -0.4 is 14.8 Å². The molecule has 0 aromatic heterocycles. The molecule has 0 spiro atoms. The monoisotopic (exact) mass is 395 g/mol. The van der Waals surface area contributed by atoms with Gasteiger partial charge in [0.05, 0.1) is 31.8 Å². The second kappa shape index (κ2) is 7.55. The van der Waals surface area contributed by atoms with Crippen molar-refractivity contribution < 1.29 is 27.5 Å². The van der Waals surface area contributed by atoms with Crippen LogP contribution in [0.4, 0.5) is 5.69 Å². The summed E-state index contributed by atoms with van der Waals surface area (Å²) in [5.41, 5.74) is 0.681. The lowest BCUT2D eigenvalue weighted by atomic mass is 10.1. The van der Waals surface area contributed by atoms with Crippen molar-refractivity contribution in [1.29, 1.82) is 0 Å². The quantitative estimate of drug-likeness (QED) is 0.789. The van der Waals surface area contributed by atoms with Crippen LogP contribution in [0.25, 0.3) is 0 Å². The number of methoxy groups -OCH3 is 2. The second-order valence-corrected chi connectivity index (χ2v) is 8.59. The standard InChI is InChI=1S/C17H21N3O6S/c1-25-14-5-3-11(9-15(14)26-2)18-17(22)13-4-6-16(21)20(19-13)12-7-8-27(23,24)10-12/h3,5,9,12H,4,6-8,10H2,1-2H3,(H,18,22)/t12-/m0/s1. The van der Waals surface area contributed by atoms with E-state index in [1.807, 2.05) is 0 Å². The lowest BCUT2D eigenvalue weighted by Crippen LogP contribution is -2.42. The number of hydrazone groups is 1. The highest BCUT2D eigenvalue weighted by Crippen LogP contribution is 2.30. The number of sulfone groups is 1. The molecule has 27 heavy (non-hydrogen) atoms. The van der Waals surface area contributed by atoms with Crippen molar-refractivity contribution in [3.63, 3.8) is 0 Å². The Labute approximate surface area is 157 Å². The Morgan fingerprint density at radius 1 is 1.22 bits per heavy atom. The van der Waals surface area contributed by atoms with Gasteiger partial charge in [-0.1, -0.05) is 0 Å². The van der Waals surface area contributed by atoms with Gasteiger partial charge in [-0.15, -0.1) is 0 Å². The number of hydrogen-bond donors (Lipinski definition) is 1. The molecule has 1 aromatic rings. The number of rotatable bonds is 5. The van der Waals surface area contributed by atoms with Gasteiger partial charge < -0.3 is 14.8 Å². The maximum atomic E-state index is 12.5. The van der Waals surface area contributed by atoms with Gasteiger partial charge in [0, 0.05) is 24.6 Å². The van der Waals surface area contributed by atoms with E-state index in [-0.39, 0.29) is 36.0 Å². The first-order chi connectivity index (χ1) is 12.8. The van der Waals surface area contributed by atoms with E-state index in [0.29, 0.717) is 23.6 Å². The molecule has 0 radical (unpaired) electrons. The molecular formula is C17H21N3O6S. The lowest BCUT2D eigenvalue weighted by Gasteiger charge is -2.27. The largest absolute Gasteiger partial charge is 0.493 e. The predicted octanol–water partition coefficient (Wildman–Crippen LogP) is 0.808. The zero-order valence-corrected chi connectivity index (χ0v) is 15.9. The molecule has 2 amide bonds. The van der Waals surface area contributed by atoms with Crippen molar-refractivity contribution in [2.75, 3.05) is 31.0 Å². The Bertz CT molecular complexity index is 896. The van der Waals surface area contributed by atoms with Crippen LogP contribution in [0, 0.1) is 0 Å². The van der Waals surface area contributed by atoms with E-state index in [1.165, 1.54) is 14.2 Å². The summed E-state index contributed by atoms with van der Waals surface area (Å²) in [6.07, 6.45) is 0.658. The smallest absolute Gasteiger partial charge is 0.271 e. The molecule has 1 aromatic carbocycles. The number of nitrogens with zero attached hydrogens (tertiary/aromatic N) is 2. The molecule has 0 bridgehead atoms. The summed E-state index contributed by atoms with van der Waals surface area (Å²) in [5.74, 6) is 0.204. The SMILES string of the molecule is COc1ccc(NC(=O)C2=NN([C@H]3CCS(=O)(=O)C3)C(=O)CC2)cc1OC. The van der Waals surface area contributed by atoms with Crippen molar-refractivity contribution in [3.05, 3.63) is 18.2 Å². The molecule has 10 heteroatoms. The maximum absolute atomic E-state index is 12.5. The first-order valence-electron chi connectivity index (χ1n) is 8.46. The maximum Gasteiger partial charge on any atom is 0.271 e. The van der Waals surface area contributed by atoms with Crippen LogP contribution >= 0.6 is 0 Å². The van der Waals surface area contributed by atoms with Crippen LogP contribution in [0.1, 0.15) is 19.3 Å². The highest BCUT2D eigenvalue weighted by molar-refractivity contribution is 7.91. The molecule has 0 aliphatic carbocycles. The third-order valence-corrected chi connectivity index (χ3v) is 6.27. The molecular weight excluding hydrogens is 374 g/mol. The number of anilines is 1. The summed E-state index contributed by atoms with van der Waals surface area (Å²) in [7, 11) is -0.149. The van der Waals surface area contributed by atoms with E-state index in [4.69, 9.17) is 9.47 Å². The molecule has 2 aliphatic rings. The van der Waals surface area contributed by atoms with Crippen molar-refractivity contribution in [2.24, 2.45) is 5.10 Å². The van der Waals surface area contributed by atoms with Crippen LogP contribution in [-0.2, 0) is 19.4 Å². The molecule has 0 unspecified atom stereocenters. The number of ether oxygens (including phenoxy) is 2. The molecule has 146 valence electrons. The summed E-state index contributed by atoms with van der Waals surface area (Å²) >= 11 is 0. The summed E-state index contributed by atoms with van der Waals surface area (Å²) in [5, 5.41) is 8.03. The summed E-state index contributed by atoms with van der Waals surface area (Å²) in [4.78, 5) is 24.7. The highest BCUT2D eigenvalue weighted by Gasteiger charge is 2.37. The minimum Gasteiger partial charge on any atom is -0.493 e. The fraction of sp³-hybridized carbons (Fsp3) is 0.471. The summed E-state index contributed by atoms with van der Waals surface area (Å²) in [6, 6.07) is 4.43. The molecule has 0 saturated carbocycles. The number of nitrogens with one attached hydrogen (secondary N) is 1. The molecule has 3 rings (SSSR count). The molecule has 1 atom stereocenters. The Hall–Kier alpha value is -2.62. The Morgan fingerprint density at radius 3 is 2.59 bits per heavy atom. The fourth-order valence-electron chi connectivity index (χ4n) is 3.11. The van der Waals surface area contributed by atoms with E-state index in [9.17, 15) is 18.0 Å². The summed E-state index contributed by atoms with van der Waals surface area (Å²) in [6.45, 7) is 0. The van der Waals surface area contributed by atoms with Crippen molar-refractivity contribution in [2.45, 2.75) is 25.3 Å². The zero-order chi connectivity index (χ0) is 19.6. The van der Waals surface area contributed by atoms with Crippen LogP contribution in [0.3, 0.4) is 0 Å². The predicted molar refractivity (Wildman–Crippen MR) is 98.7 cm³/mol. The zero-order valence-electron chi connectivity index (χ0n) is 15.1. The third-order valence-electron chi connectivity index (χ3n) is 4.52. The fourth-order valence-corrected chi connectivity index (χ4v) is 4.80. The van der Waals surface area contributed by atoms with Crippen LogP contribution in [0.15, 0.2) is 23.3 Å². The van der Waals surface area contributed by atoms with E-state index in [2.05, 4.69) is 10.4 Å². The van der Waals surface area contributed by atoms with Crippen molar-refractivity contribution >= 4 is 33.1 Å². The van der Waals surface area contributed by atoms with E-state index >= 15 is 0 Å². The van der Waals surface area contributed by atoms with Gasteiger partial charge in [-0.25, -0.2) is 13.4 Å². The van der Waals surface area contributed by atoms with Gasteiger partial charge in [-0.2, -0.15) is 5.10 Å². The number of benzene rings is 1. The average Bonchev–Trinajstić information content (AvgIpc) is 3.01. The minimum absolute atomic E-state index is 0.0319. The molecule has 2 heterocycles. The topological polar surface area (TPSA) is 114 Å². The Balaban J connectivity index is 1.76. The Kier molecular flexibility index (Phi) is 5.36. The first-order valence-corrected chi connectivity index (χ1v) is 10.3. The third kappa shape index (κ3) is 4.21. The van der Waals surface area contributed by atoms with E-state index in [1.54, 1.807) is 18.2 Å². The van der Waals surface area contributed by atoms with Crippen molar-refractivity contribution in [3.8, 4) is 11.5 Å². The van der Waals surface area contributed by atoms with Crippen LogP contribution in [-0.4, -0.2) is 62.7 Å². The summed E-state index contributed by atoms with van der Waals surface area (Å²) < 4.78 is 33.7. The van der Waals surface area contributed by atoms with Gasteiger partial charge in [0.1, 0.15) is 5.71 Å². The Morgan fingerprint density at radius 2 is 1.96 bits per heavy atom. The molecule has 2 aliphatic heterocycles. The van der Waals surface area contributed by atoms with Crippen LogP contribution in [0.2, 0.25) is 0 Å². The van der Waals surface area contributed by atoms with Gasteiger partial charge in [0.2, 0.25) is 5.91 Å². The number of carbonyl (C=O) groups excluding carboxylic acids is 2. The molecule has 1 fully saturated rings. The number of carbonyl (C=O) groups is 2. The van der Waals surface area contributed by atoms with Crippen LogP contribution in [0.5, 0.6) is 11.5 Å². The second-order valence-electron chi connectivity index (χ2n) is 6.37. The molecule has 1 N–H and O–H groups in total. The minimum atomic E-state index is -3.16. The van der Waals surface area contributed by atoms with E-state index in [0.717, 1.165) is 5.01 Å². The average molecular weight is 395 g/mol. The van der Waals surface area contributed by atoms with Gasteiger partial charge in [0.15, 0.2) is 21.3 Å². The van der Waals surface area contributed by atoms with Gasteiger partial charge in [-0.05, 0) is 18.6 Å². The molecule has 1 saturated heterocycles. The lowest BCUT2D eigenvalue weighted by molar-refractivity contribution is -0.133. The van der Waals surface area contributed by atoms with Gasteiger partial charge in [0.25, 0.3) is 5.91 Å². The number of hydrogen-bond acceptors (Lipinski definition) is 7. The van der Waals surface area contributed by atoms with Gasteiger partial charge >= 0.3 is 0 Å².